The van der Waals surface area contributed by atoms with E-state index in [0.29, 0.717) is 31.5 Å². The first-order chi connectivity index (χ1) is 11.8. The second kappa shape index (κ2) is 9.39. The average molecular weight is 328 g/mol. The zero-order valence-electron chi connectivity index (χ0n) is 14.4. The maximum atomic E-state index is 5.63. The molecule has 0 aliphatic carbocycles. The van der Waals surface area contributed by atoms with E-state index in [9.17, 15) is 0 Å². The van der Waals surface area contributed by atoms with Crippen molar-refractivity contribution in [2.24, 2.45) is 4.99 Å². The number of benzene rings is 1. The van der Waals surface area contributed by atoms with Crippen molar-refractivity contribution in [2.45, 2.75) is 20.0 Å². The Morgan fingerprint density at radius 3 is 2.62 bits per heavy atom. The molecule has 0 amide bonds. The largest absolute Gasteiger partial charge is 0.494 e. The van der Waals surface area contributed by atoms with Gasteiger partial charge in [-0.25, -0.2) is 4.98 Å². The smallest absolute Gasteiger partial charge is 0.213 e. The van der Waals surface area contributed by atoms with E-state index in [0.717, 1.165) is 17.0 Å². The first-order valence-corrected chi connectivity index (χ1v) is 7.92. The lowest BCUT2D eigenvalue weighted by Gasteiger charge is -2.14. The summed E-state index contributed by atoms with van der Waals surface area (Å²) in [6.45, 7) is 3.81. The predicted octanol–water partition coefficient (Wildman–Crippen LogP) is 2.35. The Labute approximate surface area is 142 Å². The maximum absolute atomic E-state index is 5.63. The number of guanidine groups is 1. The summed E-state index contributed by atoms with van der Waals surface area (Å²) in [5, 5.41) is 6.52. The fourth-order valence-electron chi connectivity index (χ4n) is 2.19. The van der Waals surface area contributed by atoms with Crippen LogP contribution in [-0.4, -0.2) is 31.7 Å². The molecule has 0 radical (unpaired) electrons. The number of aliphatic imine (C=N–C) groups is 1. The third-order valence-electron chi connectivity index (χ3n) is 3.37. The van der Waals surface area contributed by atoms with Crippen LogP contribution in [0.25, 0.3) is 0 Å². The van der Waals surface area contributed by atoms with Crippen LogP contribution in [-0.2, 0) is 13.1 Å². The molecule has 0 fully saturated rings. The van der Waals surface area contributed by atoms with E-state index < -0.39 is 0 Å². The molecule has 6 heteroatoms. The summed E-state index contributed by atoms with van der Waals surface area (Å²) in [4.78, 5) is 8.60. The van der Waals surface area contributed by atoms with E-state index in [1.807, 2.05) is 49.4 Å². The second-order valence-corrected chi connectivity index (χ2v) is 4.99. The number of ether oxygens (including phenoxy) is 2. The van der Waals surface area contributed by atoms with Gasteiger partial charge in [0.25, 0.3) is 0 Å². The van der Waals surface area contributed by atoms with Crippen LogP contribution in [0.3, 0.4) is 0 Å². The normalized spacial score (nSPS) is 11.0. The minimum atomic E-state index is 0.560. The van der Waals surface area contributed by atoms with Crippen LogP contribution in [0.1, 0.15) is 18.2 Å². The Morgan fingerprint density at radius 2 is 1.88 bits per heavy atom. The first-order valence-electron chi connectivity index (χ1n) is 7.92. The van der Waals surface area contributed by atoms with Crippen molar-refractivity contribution in [2.75, 3.05) is 20.8 Å². The third kappa shape index (κ3) is 5.15. The van der Waals surface area contributed by atoms with Crippen molar-refractivity contribution in [3.8, 4) is 11.6 Å². The summed E-state index contributed by atoms with van der Waals surface area (Å²) in [6.07, 6.45) is 0. The molecule has 0 saturated heterocycles. The number of pyridine rings is 1. The molecule has 0 aliphatic heterocycles. The molecule has 0 aliphatic rings. The van der Waals surface area contributed by atoms with Gasteiger partial charge in [0.1, 0.15) is 5.75 Å². The molecular weight excluding hydrogens is 304 g/mol. The van der Waals surface area contributed by atoms with Crippen LogP contribution in [0.15, 0.2) is 47.5 Å². The summed E-state index contributed by atoms with van der Waals surface area (Å²) < 4.78 is 10.8. The highest BCUT2D eigenvalue weighted by Gasteiger charge is 2.05. The average Bonchev–Trinajstić information content (AvgIpc) is 2.63. The summed E-state index contributed by atoms with van der Waals surface area (Å²) >= 11 is 0. The van der Waals surface area contributed by atoms with E-state index in [1.165, 1.54) is 0 Å². The number of nitrogens with one attached hydrogen (secondary N) is 2. The van der Waals surface area contributed by atoms with Crippen molar-refractivity contribution >= 4 is 5.96 Å². The van der Waals surface area contributed by atoms with Crippen LogP contribution >= 0.6 is 0 Å². The van der Waals surface area contributed by atoms with Gasteiger partial charge in [0.2, 0.25) is 5.88 Å². The SMILES string of the molecule is CCOc1ccccc1CNC(=NC)NCc1cccc(OC)n1. The predicted molar refractivity (Wildman–Crippen MR) is 95.4 cm³/mol. The molecule has 2 aromatic rings. The van der Waals surface area contributed by atoms with Gasteiger partial charge in [0.15, 0.2) is 5.96 Å². The molecule has 2 rings (SSSR count). The third-order valence-corrected chi connectivity index (χ3v) is 3.37. The molecule has 6 nitrogen and oxygen atoms in total. The molecular formula is C18H24N4O2. The van der Waals surface area contributed by atoms with Crippen molar-refractivity contribution in [1.82, 2.24) is 15.6 Å². The zero-order valence-corrected chi connectivity index (χ0v) is 14.4. The lowest BCUT2D eigenvalue weighted by molar-refractivity contribution is 0.336. The van der Waals surface area contributed by atoms with Gasteiger partial charge in [0.05, 0.1) is 26.0 Å². The Morgan fingerprint density at radius 1 is 1.08 bits per heavy atom. The standard InChI is InChI=1S/C18H24N4O2/c1-4-24-16-10-6-5-8-14(16)12-20-18(19-2)21-13-15-9-7-11-17(22-15)23-3/h5-11H,4,12-13H2,1-3H3,(H2,19,20,21). The summed E-state index contributed by atoms with van der Waals surface area (Å²) in [5.74, 6) is 2.19. The zero-order chi connectivity index (χ0) is 17.2. The molecule has 0 saturated carbocycles. The Hall–Kier alpha value is -2.76. The van der Waals surface area contributed by atoms with E-state index in [1.54, 1.807) is 14.2 Å². The van der Waals surface area contributed by atoms with Gasteiger partial charge in [-0.15, -0.1) is 0 Å². The van der Waals surface area contributed by atoms with Gasteiger partial charge in [-0.3, -0.25) is 4.99 Å². The minimum absolute atomic E-state index is 0.560. The molecule has 0 spiro atoms. The minimum Gasteiger partial charge on any atom is -0.494 e. The molecule has 1 heterocycles. The number of hydrogen-bond acceptors (Lipinski definition) is 4. The van der Waals surface area contributed by atoms with Crippen LogP contribution in [0, 0.1) is 0 Å². The van der Waals surface area contributed by atoms with E-state index in [4.69, 9.17) is 9.47 Å². The molecule has 0 unspecified atom stereocenters. The topological polar surface area (TPSA) is 67.8 Å². The van der Waals surface area contributed by atoms with Crippen LogP contribution < -0.4 is 20.1 Å². The van der Waals surface area contributed by atoms with Crippen molar-refractivity contribution in [1.29, 1.82) is 0 Å². The van der Waals surface area contributed by atoms with E-state index in [2.05, 4.69) is 20.6 Å². The van der Waals surface area contributed by atoms with Crippen LogP contribution in [0.5, 0.6) is 11.6 Å². The summed E-state index contributed by atoms with van der Waals surface area (Å²) in [7, 11) is 3.35. The molecule has 24 heavy (non-hydrogen) atoms. The monoisotopic (exact) mass is 328 g/mol. The highest BCUT2D eigenvalue weighted by atomic mass is 16.5. The quantitative estimate of drug-likeness (QED) is 0.603. The Kier molecular flexibility index (Phi) is 6.89. The summed E-state index contributed by atoms with van der Waals surface area (Å²) in [6, 6.07) is 13.6. The number of aromatic nitrogens is 1. The van der Waals surface area contributed by atoms with Crippen LogP contribution in [0.2, 0.25) is 0 Å². The van der Waals surface area contributed by atoms with Gasteiger partial charge in [-0.05, 0) is 19.1 Å². The van der Waals surface area contributed by atoms with Crippen molar-refractivity contribution in [3.05, 3.63) is 53.7 Å². The van der Waals surface area contributed by atoms with E-state index >= 15 is 0 Å². The van der Waals surface area contributed by atoms with Gasteiger partial charge < -0.3 is 20.1 Å². The maximum Gasteiger partial charge on any atom is 0.213 e. The Bertz CT molecular complexity index is 674. The number of nitrogens with zero attached hydrogens (tertiary/aromatic N) is 2. The van der Waals surface area contributed by atoms with Crippen LogP contribution in [0.4, 0.5) is 0 Å². The van der Waals surface area contributed by atoms with E-state index in [-0.39, 0.29) is 0 Å². The number of hydrogen-bond donors (Lipinski definition) is 2. The first kappa shape index (κ1) is 17.6. The highest BCUT2D eigenvalue weighted by Crippen LogP contribution is 2.17. The lowest BCUT2D eigenvalue weighted by atomic mass is 10.2. The highest BCUT2D eigenvalue weighted by molar-refractivity contribution is 5.79. The molecule has 2 N–H and O–H groups in total. The fraction of sp³-hybridized carbons (Fsp3) is 0.333. The molecule has 0 atom stereocenters. The molecule has 128 valence electrons. The van der Waals surface area contributed by atoms with Gasteiger partial charge >= 0.3 is 0 Å². The van der Waals surface area contributed by atoms with Gasteiger partial charge in [-0.2, -0.15) is 0 Å². The Balaban J connectivity index is 1.91. The number of rotatable bonds is 7. The van der Waals surface area contributed by atoms with Crippen molar-refractivity contribution in [3.63, 3.8) is 0 Å². The van der Waals surface area contributed by atoms with Gasteiger partial charge in [-0.1, -0.05) is 24.3 Å². The fourth-order valence-corrected chi connectivity index (χ4v) is 2.19. The number of para-hydroxylation sites is 1. The second-order valence-electron chi connectivity index (χ2n) is 4.99. The number of methoxy groups -OCH3 is 1. The molecule has 0 bridgehead atoms. The molecule has 1 aromatic heterocycles. The van der Waals surface area contributed by atoms with Crippen molar-refractivity contribution < 1.29 is 9.47 Å². The van der Waals surface area contributed by atoms with Gasteiger partial charge in [0, 0.05) is 25.2 Å². The summed E-state index contributed by atoms with van der Waals surface area (Å²) in [5.41, 5.74) is 1.97. The molecule has 1 aromatic carbocycles. The lowest BCUT2D eigenvalue weighted by Crippen LogP contribution is -2.36.